The van der Waals surface area contributed by atoms with Gasteiger partial charge in [0.15, 0.2) is 0 Å². The van der Waals surface area contributed by atoms with Gasteiger partial charge in [-0.25, -0.2) is 9.59 Å². The van der Waals surface area contributed by atoms with Crippen molar-refractivity contribution in [3.63, 3.8) is 0 Å². The second-order valence-corrected chi connectivity index (χ2v) is 10.2. The molecule has 1 aromatic rings. The molecule has 3 N–H and O–H groups in total. The van der Waals surface area contributed by atoms with Crippen LogP contribution in [0.25, 0.3) is 0 Å². The molecule has 0 unspecified atom stereocenters. The molecule has 1 aromatic carbocycles. The number of nitrogens with one attached hydrogen (secondary N) is 3. The summed E-state index contributed by atoms with van der Waals surface area (Å²) < 4.78 is 5.45. The summed E-state index contributed by atoms with van der Waals surface area (Å²) in [5.41, 5.74) is 0.0262. The quantitative estimate of drug-likeness (QED) is 0.587. The highest BCUT2D eigenvalue weighted by Crippen LogP contribution is 2.20. The lowest BCUT2D eigenvalue weighted by Crippen LogP contribution is -2.53. The Morgan fingerprint density at radius 3 is 2.43 bits per heavy atom. The van der Waals surface area contributed by atoms with Crippen molar-refractivity contribution in [2.75, 3.05) is 38.0 Å². The molecule has 35 heavy (non-hydrogen) atoms. The number of amides is 5. The first-order valence-corrected chi connectivity index (χ1v) is 12.3. The van der Waals surface area contributed by atoms with Crippen molar-refractivity contribution >= 4 is 29.6 Å². The molecule has 0 saturated carbocycles. The Labute approximate surface area is 206 Å². The minimum atomic E-state index is -0.577. The standard InChI is InChI=1S/C25H37N5O5/c1-25(2,3)35-24(34)30-14-7-9-18(15-30)22(32)26-20-12-8-13-29(16-20)17-21(31)28-23(33)27-19-10-5-4-6-11-19/h4-6,10-11,18,20H,7-9,12-17H2,1-3H3,(H,26,32)(H2,27,28,31,33)/t18-,20+/m0/s1. The molecule has 2 aliphatic rings. The number of rotatable bonds is 5. The number of anilines is 1. The van der Waals surface area contributed by atoms with Gasteiger partial charge in [-0.3, -0.25) is 19.8 Å². The van der Waals surface area contributed by atoms with Gasteiger partial charge in [0.25, 0.3) is 0 Å². The van der Waals surface area contributed by atoms with Gasteiger partial charge in [-0.2, -0.15) is 0 Å². The number of ether oxygens (including phenoxy) is 1. The Hall–Kier alpha value is -3.14. The molecule has 2 fully saturated rings. The Kier molecular flexibility index (Phi) is 9.08. The lowest BCUT2D eigenvalue weighted by atomic mass is 9.96. The maximum Gasteiger partial charge on any atom is 0.410 e. The number of likely N-dealkylation sites (tertiary alicyclic amines) is 2. The van der Waals surface area contributed by atoms with Gasteiger partial charge in [0.2, 0.25) is 11.8 Å². The van der Waals surface area contributed by atoms with Crippen LogP contribution in [0.2, 0.25) is 0 Å². The number of carbonyl (C=O) groups excluding carboxylic acids is 4. The minimum absolute atomic E-state index is 0.0724. The summed E-state index contributed by atoms with van der Waals surface area (Å²) >= 11 is 0. The predicted molar refractivity (Wildman–Crippen MR) is 132 cm³/mol. The van der Waals surface area contributed by atoms with E-state index in [0.29, 0.717) is 25.3 Å². The molecule has 5 amide bonds. The van der Waals surface area contributed by atoms with Crippen molar-refractivity contribution in [1.29, 1.82) is 0 Å². The van der Waals surface area contributed by atoms with Gasteiger partial charge in [-0.1, -0.05) is 18.2 Å². The summed E-state index contributed by atoms with van der Waals surface area (Å²) in [5.74, 6) is -0.751. The first kappa shape index (κ1) is 26.5. The van der Waals surface area contributed by atoms with E-state index in [1.165, 1.54) is 0 Å². The van der Waals surface area contributed by atoms with Gasteiger partial charge in [-0.05, 0) is 65.1 Å². The molecule has 10 nitrogen and oxygen atoms in total. The van der Waals surface area contributed by atoms with Crippen molar-refractivity contribution in [2.45, 2.75) is 58.1 Å². The fourth-order valence-corrected chi connectivity index (χ4v) is 4.37. The number of imide groups is 1. The van der Waals surface area contributed by atoms with Crippen molar-refractivity contribution in [1.82, 2.24) is 20.4 Å². The molecule has 2 saturated heterocycles. The average molecular weight is 488 g/mol. The Morgan fingerprint density at radius 1 is 1.00 bits per heavy atom. The second-order valence-electron chi connectivity index (χ2n) is 10.2. The van der Waals surface area contributed by atoms with Gasteiger partial charge >= 0.3 is 12.1 Å². The number of carbonyl (C=O) groups is 4. The van der Waals surface area contributed by atoms with E-state index in [1.54, 1.807) is 29.2 Å². The number of urea groups is 1. The molecule has 0 spiro atoms. The molecule has 0 bridgehead atoms. The van der Waals surface area contributed by atoms with E-state index >= 15 is 0 Å². The summed E-state index contributed by atoms with van der Waals surface area (Å²) in [4.78, 5) is 53.3. The number of para-hydroxylation sites is 1. The van der Waals surface area contributed by atoms with Gasteiger partial charge in [0.1, 0.15) is 5.60 Å². The largest absolute Gasteiger partial charge is 0.444 e. The number of hydrogen-bond donors (Lipinski definition) is 3. The number of benzene rings is 1. The lowest BCUT2D eigenvalue weighted by Gasteiger charge is -2.36. The van der Waals surface area contributed by atoms with Crippen LogP contribution in [0.5, 0.6) is 0 Å². The number of nitrogens with zero attached hydrogens (tertiary/aromatic N) is 2. The van der Waals surface area contributed by atoms with Crippen molar-refractivity contribution < 1.29 is 23.9 Å². The lowest BCUT2D eigenvalue weighted by molar-refractivity contribution is -0.127. The second kappa shape index (κ2) is 12.0. The van der Waals surface area contributed by atoms with E-state index in [0.717, 1.165) is 32.2 Å². The molecule has 2 heterocycles. The van der Waals surface area contributed by atoms with Crippen molar-refractivity contribution in [2.24, 2.45) is 5.92 Å². The van der Waals surface area contributed by atoms with Gasteiger partial charge in [0.05, 0.1) is 12.5 Å². The van der Waals surface area contributed by atoms with E-state index in [-0.39, 0.29) is 30.5 Å². The van der Waals surface area contributed by atoms with Gasteiger partial charge in [-0.15, -0.1) is 0 Å². The van der Waals surface area contributed by atoms with Crippen LogP contribution in [0.1, 0.15) is 46.5 Å². The van der Waals surface area contributed by atoms with Crippen molar-refractivity contribution in [3.8, 4) is 0 Å². The fourth-order valence-electron chi connectivity index (χ4n) is 4.37. The molecular formula is C25H37N5O5. The molecule has 0 aliphatic carbocycles. The van der Waals surface area contributed by atoms with Crippen molar-refractivity contribution in [3.05, 3.63) is 30.3 Å². The minimum Gasteiger partial charge on any atom is -0.444 e. The van der Waals surface area contributed by atoms with Crippen LogP contribution in [-0.2, 0) is 14.3 Å². The number of piperidine rings is 2. The molecule has 0 aromatic heterocycles. The molecule has 2 atom stereocenters. The zero-order valence-electron chi connectivity index (χ0n) is 20.8. The van der Waals surface area contributed by atoms with E-state index in [9.17, 15) is 19.2 Å². The molecule has 2 aliphatic heterocycles. The van der Waals surface area contributed by atoms with Crippen LogP contribution in [0.4, 0.5) is 15.3 Å². The first-order chi connectivity index (χ1) is 16.6. The van der Waals surface area contributed by atoms with E-state index in [4.69, 9.17) is 4.74 Å². The third-order valence-electron chi connectivity index (χ3n) is 5.95. The number of hydrogen-bond acceptors (Lipinski definition) is 6. The maximum absolute atomic E-state index is 12.9. The van der Waals surface area contributed by atoms with E-state index < -0.39 is 17.5 Å². The summed E-state index contributed by atoms with van der Waals surface area (Å²) in [6.45, 7) is 7.72. The highest BCUT2D eigenvalue weighted by atomic mass is 16.6. The highest BCUT2D eigenvalue weighted by molar-refractivity contribution is 6.01. The predicted octanol–water partition coefficient (Wildman–Crippen LogP) is 2.56. The van der Waals surface area contributed by atoms with Crippen LogP contribution < -0.4 is 16.0 Å². The Morgan fingerprint density at radius 2 is 1.71 bits per heavy atom. The highest BCUT2D eigenvalue weighted by Gasteiger charge is 2.32. The third kappa shape index (κ3) is 8.86. The molecule has 10 heteroatoms. The summed E-state index contributed by atoms with van der Waals surface area (Å²) in [6.07, 6.45) is 2.74. The van der Waals surface area contributed by atoms with Crippen LogP contribution in [0.3, 0.4) is 0 Å². The monoisotopic (exact) mass is 487 g/mol. The van der Waals surface area contributed by atoms with Crippen LogP contribution in [0, 0.1) is 5.92 Å². The van der Waals surface area contributed by atoms with Gasteiger partial charge in [0, 0.05) is 31.4 Å². The van der Waals surface area contributed by atoms with Crippen LogP contribution in [-0.4, -0.2) is 78.1 Å². The fraction of sp³-hybridized carbons (Fsp3) is 0.600. The SMILES string of the molecule is CC(C)(C)OC(=O)N1CCC[C@H](C(=O)N[C@@H]2CCCN(CC(=O)NC(=O)Nc3ccccc3)C2)C1. The third-order valence-corrected chi connectivity index (χ3v) is 5.95. The first-order valence-electron chi connectivity index (χ1n) is 12.3. The smallest absolute Gasteiger partial charge is 0.410 e. The molecular weight excluding hydrogens is 450 g/mol. The van der Waals surface area contributed by atoms with Gasteiger partial charge < -0.3 is 20.3 Å². The summed E-state index contributed by atoms with van der Waals surface area (Å²) in [6, 6.07) is 8.24. The molecule has 0 radical (unpaired) electrons. The molecule has 3 rings (SSSR count). The summed E-state index contributed by atoms with van der Waals surface area (Å²) in [7, 11) is 0. The summed E-state index contributed by atoms with van der Waals surface area (Å²) in [5, 5.41) is 8.07. The zero-order chi connectivity index (χ0) is 25.4. The normalized spacial score (nSPS) is 21.1. The zero-order valence-corrected chi connectivity index (χ0v) is 20.8. The van der Waals surface area contributed by atoms with E-state index in [1.807, 2.05) is 31.7 Å². The topological polar surface area (TPSA) is 120 Å². The molecule has 192 valence electrons. The van der Waals surface area contributed by atoms with E-state index in [2.05, 4.69) is 16.0 Å². The van der Waals surface area contributed by atoms with Crippen LogP contribution in [0.15, 0.2) is 30.3 Å². The van der Waals surface area contributed by atoms with Crippen LogP contribution >= 0.6 is 0 Å². The Balaban J connectivity index is 1.43. The average Bonchev–Trinajstić information content (AvgIpc) is 2.78. The Bertz CT molecular complexity index is 901. The maximum atomic E-state index is 12.9.